The lowest BCUT2D eigenvalue weighted by Crippen LogP contribution is -1.89. The molecule has 0 spiro atoms. The lowest BCUT2D eigenvalue weighted by molar-refractivity contribution is 0.329. The molecule has 0 fully saturated rings. The van der Waals surface area contributed by atoms with Gasteiger partial charge in [0, 0.05) is 0 Å². The van der Waals surface area contributed by atoms with E-state index in [2.05, 4.69) is 0 Å². The van der Waals surface area contributed by atoms with Crippen LogP contribution in [0, 0.1) is 0 Å². The number of ether oxygens (including phenoxy) is 1. The molecule has 15 heavy (non-hydrogen) atoms. The number of hydrogen-bond acceptors (Lipinski definition) is 2. The highest BCUT2D eigenvalue weighted by Crippen LogP contribution is 2.26. The Balaban J connectivity index is 2.97. The third-order valence-electron chi connectivity index (χ3n) is 2.20. The van der Waals surface area contributed by atoms with E-state index in [1.165, 1.54) is 0 Å². The van der Waals surface area contributed by atoms with Crippen molar-refractivity contribution >= 4 is 17.7 Å². The first kappa shape index (κ1) is 12.1. The Hall–Kier alpha value is -0.990. The molecule has 1 N–H and O–H groups in total. The molecule has 0 saturated heterocycles. The molecule has 0 radical (unpaired) electrons. The molecule has 0 aliphatic heterocycles. The third-order valence-corrected chi connectivity index (χ3v) is 2.50. The van der Waals surface area contributed by atoms with Crippen LogP contribution in [0.1, 0.15) is 18.9 Å². The minimum atomic E-state index is 0.0835. The van der Waals surface area contributed by atoms with Crippen molar-refractivity contribution < 1.29 is 9.84 Å². The Morgan fingerprint density at radius 1 is 1.53 bits per heavy atom. The fourth-order valence-corrected chi connectivity index (χ4v) is 1.53. The van der Waals surface area contributed by atoms with Gasteiger partial charge in [0.05, 0.1) is 18.7 Å². The summed E-state index contributed by atoms with van der Waals surface area (Å²) in [5.74, 6) is 0.663. The summed E-state index contributed by atoms with van der Waals surface area (Å²) in [6, 6.07) is 5.56. The number of aliphatic hydroxyl groups excluding tert-OH is 1. The van der Waals surface area contributed by atoms with Crippen molar-refractivity contribution in [3.8, 4) is 5.75 Å². The van der Waals surface area contributed by atoms with Crippen LogP contribution in [-0.2, 0) is 0 Å². The van der Waals surface area contributed by atoms with Crippen molar-refractivity contribution in [3.05, 3.63) is 34.4 Å². The normalized spacial score (nSPS) is 11.6. The van der Waals surface area contributed by atoms with Gasteiger partial charge in [0.25, 0.3) is 0 Å². The second kappa shape index (κ2) is 5.79. The van der Waals surface area contributed by atoms with Gasteiger partial charge in [0.15, 0.2) is 0 Å². The second-order valence-corrected chi connectivity index (χ2v) is 3.62. The summed E-state index contributed by atoms with van der Waals surface area (Å²) in [6.07, 6.45) is 2.77. The summed E-state index contributed by atoms with van der Waals surface area (Å²) in [7, 11) is 1.59. The summed E-state index contributed by atoms with van der Waals surface area (Å²) in [4.78, 5) is 0. The Morgan fingerprint density at radius 3 is 2.73 bits per heavy atom. The Labute approximate surface area is 95.1 Å². The number of halogens is 1. The molecule has 3 heteroatoms. The van der Waals surface area contributed by atoms with E-state index >= 15 is 0 Å². The molecule has 1 rings (SSSR count). The highest BCUT2D eigenvalue weighted by molar-refractivity contribution is 6.32. The van der Waals surface area contributed by atoms with Crippen LogP contribution < -0.4 is 4.74 Å². The van der Waals surface area contributed by atoms with E-state index in [4.69, 9.17) is 21.4 Å². The zero-order chi connectivity index (χ0) is 11.3. The van der Waals surface area contributed by atoms with Crippen LogP contribution in [0.15, 0.2) is 23.8 Å². The highest BCUT2D eigenvalue weighted by Gasteiger charge is 2.00. The summed E-state index contributed by atoms with van der Waals surface area (Å²) in [5.41, 5.74) is 1.96. The second-order valence-electron chi connectivity index (χ2n) is 3.21. The van der Waals surface area contributed by atoms with Gasteiger partial charge in [-0.3, -0.25) is 0 Å². The first-order chi connectivity index (χ1) is 7.21. The van der Waals surface area contributed by atoms with Gasteiger partial charge >= 0.3 is 0 Å². The Morgan fingerprint density at radius 2 is 2.27 bits per heavy atom. The maximum absolute atomic E-state index is 9.03. The number of benzene rings is 1. The van der Waals surface area contributed by atoms with Crippen LogP contribution in [0.5, 0.6) is 5.75 Å². The van der Waals surface area contributed by atoms with Crippen LogP contribution in [0.3, 0.4) is 0 Å². The van der Waals surface area contributed by atoms with Gasteiger partial charge in [0.2, 0.25) is 0 Å². The number of rotatable bonds is 4. The Kier molecular flexibility index (Phi) is 4.66. The number of methoxy groups -OCH3 is 1. The highest BCUT2D eigenvalue weighted by atomic mass is 35.5. The van der Waals surface area contributed by atoms with Crippen LogP contribution in [-0.4, -0.2) is 18.8 Å². The van der Waals surface area contributed by atoms with Crippen LogP contribution in [0.4, 0.5) is 0 Å². The van der Waals surface area contributed by atoms with E-state index in [-0.39, 0.29) is 6.61 Å². The molecule has 82 valence electrons. The molecule has 1 aromatic carbocycles. The van der Waals surface area contributed by atoms with Crippen LogP contribution in [0.2, 0.25) is 5.02 Å². The van der Waals surface area contributed by atoms with E-state index in [1.54, 1.807) is 7.11 Å². The monoisotopic (exact) mass is 226 g/mol. The van der Waals surface area contributed by atoms with Gasteiger partial charge in [-0.1, -0.05) is 30.7 Å². The molecule has 0 aliphatic carbocycles. The molecule has 0 aromatic heterocycles. The summed E-state index contributed by atoms with van der Waals surface area (Å²) >= 11 is 5.98. The fourth-order valence-electron chi connectivity index (χ4n) is 1.27. The predicted molar refractivity (Wildman–Crippen MR) is 63.4 cm³/mol. The third kappa shape index (κ3) is 3.26. The van der Waals surface area contributed by atoms with Crippen molar-refractivity contribution in [2.45, 2.75) is 13.3 Å². The van der Waals surface area contributed by atoms with Gasteiger partial charge in [-0.25, -0.2) is 0 Å². The van der Waals surface area contributed by atoms with Gasteiger partial charge in [-0.05, 0) is 29.7 Å². The van der Waals surface area contributed by atoms with Gasteiger partial charge in [-0.15, -0.1) is 0 Å². The summed E-state index contributed by atoms with van der Waals surface area (Å²) in [5, 5.41) is 9.61. The SMILES string of the molecule is CCC(=Cc1ccc(OC)c(Cl)c1)CO. The average Bonchev–Trinajstić information content (AvgIpc) is 2.26. The standard InChI is InChI=1S/C12H15ClO2/c1-3-9(8-14)6-10-4-5-12(15-2)11(13)7-10/h4-7,14H,3,8H2,1-2H3. The topological polar surface area (TPSA) is 29.5 Å². The minimum absolute atomic E-state index is 0.0835. The van der Waals surface area contributed by atoms with E-state index in [0.29, 0.717) is 10.8 Å². The number of hydrogen-bond donors (Lipinski definition) is 1. The lowest BCUT2D eigenvalue weighted by atomic mass is 10.1. The molecular formula is C12H15ClO2. The van der Waals surface area contributed by atoms with E-state index in [0.717, 1.165) is 17.6 Å². The van der Waals surface area contributed by atoms with Crippen LogP contribution in [0.25, 0.3) is 6.08 Å². The summed E-state index contributed by atoms with van der Waals surface area (Å²) < 4.78 is 5.06. The predicted octanol–water partition coefficient (Wildman–Crippen LogP) is 3.13. The van der Waals surface area contributed by atoms with Gasteiger partial charge in [-0.2, -0.15) is 0 Å². The fraction of sp³-hybridized carbons (Fsp3) is 0.333. The molecule has 0 bridgehead atoms. The zero-order valence-electron chi connectivity index (χ0n) is 8.96. The van der Waals surface area contributed by atoms with Gasteiger partial charge < -0.3 is 9.84 Å². The molecule has 0 unspecified atom stereocenters. The Bertz CT molecular complexity index is 353. The van der Waals surface area contributed by atoms with Crippen molar-refractivity contribution in [1.82, 2.24) is 0 Å². The van der Waals surface area contributed by atoms with Crippen LogP contribution >= 0.6 is 11.6 Å². The van der Waals surface area contributed by atoms with Gasteiger partial charge in [0.1, 0.15) is 5.75 Å². The maximum atomic E-state index is 9.03. The molecule has 0 aliphatic rings. The first-order valence-electron chi connectivity index (χ1n) is 4.85. The van der Waals surface area contributed by atoms with Crippen molar-refractivity contribution in [3.63, 3.8) is 0 Å². The molecule has 0 saturated carbocycles. The van der Waals surface area contributed by atoms with E-state index < -0.39 is 0 Å². The maximum Gasteiger partial charge on any atom is 0.137 e. The first-order valence-corrected chi connectivity index (χ1v) is 5.23. The molecular weight excluding hydrogens is 212 g/mol. The molecule has 0 amide bonds. The molecule has 2 nitrogen and oxygen atoms in total. The minimum Gasteiger partial charge on any atom is -0.495 e. The average molecular weight is 227 g/mol. The van der Waals surface area contributed by atoms with E-state index in [9.17, 15) is 0 Å². The smallest absolute Gasteiger partial charge is 0.137 e. The number of aliphatic hydroxyl groups is 1. The summed E-state index contributed by atoms with van der Waals surface area (Å²) in [6.45, 7) is 2.09. The van der Waals surface area contributed by atoms with Crippen molar-refractivity contribution in [2.75, 3.05) is 13.7 Å². The van der Waals surface area contributed by atoms with Crippen molar-refractivity contribution in [2.24, 2.45) is 0 Å². The zero-order valence-corrected chi connectivity index (χ0v) is 9.71. The van der Waals surface area contributed by atoms with Crippen molar-refractivity contribution in [1.29, 1.82) is 0 Å². The molecule has 0 heterocycles. The lowest BCUT2D eigenvalue weighted by Gasteiger charge is -2.04. The quantitative estimate of drug-likeness (QED) is 0.855. The molecule has 1 aromatic rings. The largest absolute Gasteiger partial charge is 0.495 e. The van der Waals surface area contributed by atoms with E-state index in [1.807, 2.05) is 31.2 Å². The molecule has 0 atom stereocenters.